The SMILES string of the molecule is CCCCC(CC)COCc1ccc(C#CCCO)s1. The fourth-order valence-electron chi connectivity index (χ4n) is 1.95. The van der Waals surface area contributed by atoms with E-state index in [1.54, 1.807) is 11.3 Å². The molecule has 0 aliphatic rings. The van der Waals surface area contributed by atoms with Crippen molar-refractivity contribution in [1.29, 1.82) is 0 Å². The van der Waals surface area contributed by atoms with E-state index in [0.717, 1.165) is 11.5 Å². The lowest BCUT2D eigenvalue weighted by Crippen LogP contribution is -2.08. The Morgan fingerprint density at radius 3 is 2.90 bits per heavy atom. The van der Waals surface area contributed by atoms with Crippen LogP contribution in [0.5, 0.6) is 0 Å². The van der Waals surface area contributed by atoms with Crippen LogP contribution in [0, 0.1) is 17.8 Å². The summed E-state index contributed by atoms with van der Waals surface area (Å²) >= 11 is 1.68. The van der Waals surface area contributed by atoms with Gasteiger partial charge in [-0.3, -0.25) is 0 Å². The van der Waals surface area contributed by atoms with E-state index in [9.17, 15) is 0 Å². The van der Waals surface area contributed by atoms with Crippen molar-refractivity contribution in [2.45, 2.75) is 52.6 Å². The van der Waals surface area contributed by atoms with Gasteiger partial charge in [-0.25, -0.2) is 0 Å². The second-order valence-electron chi connectivity index (χ2n) is 4.97. The van der Waals surface area contributed by atoms with E-state index in [2.05, 4.69) is 31.8 Å². The number of thiophene rings is 1. The maximum atomic E-state index is 8.68. The van der Waals surface area contributed by atoms with Crippen LogP contribution in [-0.4, -0.2) is 18.3 Å². The predicted octanol–water partition coefficient (Wildman–Crippen LogP) is 4.22. The zero-order chi connectivity index (χ0) is 14.6. The van der Waals surface area contributed by atoms with Crippen molar-refractivity contribution >= 4 is 11.3 Å². The van der Waals surface area contributed by atoms with Crippen LogP contribution in [0.4, 0.5) is 0 Å². The van der Waals surface area contributed by atoms with Crippen molar-refractivity contribution in [2.24, 2.45) is 5.92 Å². The zero-order valence-electron chi connectivity index (χ0n) is 12.7. The molecule has 20 heavy (non-hydrogen) atoms. The topological polar surface area (TPSA) is 29.5 Å². The van der Waals surface area contributed by atoms with Gasteiger partial charge in [0.2, 0.25) is 0 Å². The Hall–Kier alpha value is -0.820. The molecule has 2 nitrogen and oxygen atoms in total. The van der Waals surface area contributed by atoms with E-state index in [-0.39, 0.29) is 6.61 Å². The Labute approximate surface area is 127 Å². The third-order valence-corrected chi connectivity index (χ3v) is 4.23. The first-order valence-corrected chi connectivity index (χ1v) is 8.38. The summed E-state index contributed by atoms with van der Waals surface area (Å²) in [6.45, 7) is 6.15. The molecule has 0 bridgehead atoms. The Kier molecular flexibility index (Phi) is 9.40. The molecule has 1 unspecified atom stereocenters. The molecule has 0 aliphatic carbocycles. The number of aliphatic hydroxyl groups excluding tert-OH is 1. The van der Waals surface area contributed by atoms with Crippen molar-refractivity contribution in [3.63, 3.8) is 0 Å². The van der Waals surface area contributed by atoms with Crippen molar-refractivity contribution in [1.82, 2.24) is 0 Å². The third-order valence-electron chi connectivity index (χ3n) is 3.25. The lowest BCUT2D eigenvalue weighted by atomic mass is 10.0. The van der Waals surface area contributed by atoms with E-state index >= 15 is 0 Å². The minimum absolute atomic E-state index is 0.129. The largest absolute Gasteiger partial charge is 0.395 e. The molecule has 0 amide bonds. The van der Waals surface area contributed by atoms with Gasteiger partial charge in [-0.05, 0) is 24.5 Å². The molecule has 112 valence electrons. The highest BCUT2D eigenvalue weighted by Crippen LogP contribution is 2.18. The smallest absolute Gasteiger partial charge is 0.0809 e. The minimum Gasteiger partial charge on any atom is -0.395 e. The van der Waals surface area contributed by atoms with Gasteiger partial charge in [0.05, 0.1) is 18.1 Å². The standard InChI is InChI=1S/C17H26O2S/c1-3-5-8-15(4-2)13-19-14-17-11-10-16(20-17)9-6-7-12-18/h10-11,15,18H,3-5,7-8,12-14H2,1-2H3. The van der Waals surface area contributed by atoms with Crippen LogP contribution in [0.2, 0.25) is 0 Å². The molecule has 0 spiro atoms. The highest BCUT2D eigenvalue weighted by molar-refractivity contribution is 7.12. The molecule has 0 aliphatic heterocycles. The molecule has 0 saturated heterocycles. The molecule has 1 atom stereocenters. The van der Waals surface area contributed by atoms with Gasteiger partial charge in [0.1, 0.15) is 0 Å². The van der Waals surface area contributed by atoms with Crippen LogP contribution in [-0.2, 0) is 11.3 Å². The summed E-state index contributed by atoms with van der Waals surface area (Å²) in [5, 5.41) is 8.68. The summed E-state index contributed by atoms with van der Waals surface area (Å²) < 4.78 is 5.83. The van der Waals surface area contributed by atoms with Gasteiger partial charge in [0, 0.05) is 17.9 Å². The molecule has 0 saturated carbocycles. The van der Waals surface area contributed by atoms with Gasteiger partial charge in [-0.15, -0.1) is 11.3 Å². The molecule has 1 rings (SSSR count). The number of rotatable bonds is 9. The summed E-state index contributed by atoms with van der Waals surface area (Å²) in [4.78, 5) is 2.28. The highest BCUT2D eigenvalue weighted by atomic mass is 32.1. The minimum atomic E-state index is 0.129. The van der Waals surface area contributed by atoms with Crippen LogP contribution >= 0.6 is 11.3 Å². The Balaban J connectivity index is 2.30. The van der Waals surface area contributed by atoms with Crippen LogP contribution in [0.3, 0.4) is 0 Å². The monoisotopic (exact) mass is 294 g/mol. The first kappa shape index (κ1) is 17.2. The Bertz CT molecular complexity index is 414. The quantitative estimate of drug-likeness (QED) is 0.691. The van der Waals surface area contributed by atoms with Crippen molar-refractivity contribution < 1.29 is 9.84 Å². The second kappa shape index (κ2) is 10.9. The third kappa shape index (κ3) is 7.09. The van der Waals surface area contributed by atoms with Crippen LogP contribution < -0.4 is 0 Å². The maximum absolute atomic E-state index is 8.68. The maximum Gasteiger partial charge on any atom is 0.0809 e. The van der Waals surface area contributed by atoms with Gasteiger partial charge >= 0.3 is 0 Å². The van der Waals surface area contributed by atoms with E-state index in [0.29, 0.717) is 18.9 Å². The summed E-state index contributed by atoms with van der Waals surface area (Å²) in [6.07, 6.45) is 5.57. The summed E-state index contributed by atoms with van der Waals surface area (Å²) in [6, 6.07) is 4.11. The number of aliphatic hydroxyl groups is 1. The zero-order valence-corrected chi connectivity index (χ0v) is 13.5. The first-order chi connectivity index (χ1) is 9.80. The van der Waals surface area contributed by atoms with Gasteiger partial charge < -0.3 is 9.84 Å². The molecular formula is C17H26O2S. The van der Waals surface area contributed by atoms with E-state index in [4.69, 9.17) is 9.84 Å². The van der Waals surface area contributed by atoms with Crippen molar-refractivity contribution in [3.8, 4) is 11.8 Å². The highest BCUT2D eigenvalue weighted by Gasteiger charge is 2.06. The molecule has 1 heterocycles. The summed E-state index contributed by atoms with van der Waals surface area (Å²) in [5.41, 5.74) is 0. The lowest BCUT2D eigenvalue weighted by molar-refractivity contribution is 0.0836. The van der Waals surface area contributed by atoms with Crippen LogP contribution in [0.25, 0.3) is 0 Å². The number of hydrogen-bond acceptors (Lipinski definition) is 3. The summed E-state index contributed by atoms with van der Waals surface area (Å²) in [5.74, 6) is 6.69. The molecule has 0 fully saturated rings. The van der Waals surface area contributed by atoms with E-state index in [1.807, 2.05) is 6.07 Å². The number of ether oxygens (including phenoxy) is 1. The average Bonchev–Trinajstić information content (AvgIpc) is 2.91. The van der Waals surface area contributed by atoms with Crippen molar-refractivity contribution in [3.05, 3.63) is 21.9 Å². The molecule has 0 aromatic carbocycles. The first-order valence-electron chi connectivity index (χ1n) is 7.56. The van der Waals surface area contributed by atoms with Gasteiger partial charge in [-0.2, -0.15) is 0 Å². The molecule has 3 heteroatoms. The van der Waals surface area contributed by atoms with Crippen molar-refractivity contribution in [2.75, 3.05) is 13.2 Å². The lowest BCUT2D eigenvalue weighted by Gasteiger charge is -2.14. The van der Waals surface area contributed by atoms with Gasteiger partial charge in [0.25, 0.3) is 0 Å². The van der Waals surface area contributed by atoms with E-state index < -0.39 is 0 Å². The fourth-order valence-corrected chi connectivity index (χ4v) is 2.77. The van der Waals surface area contributed by atoms with Crippen LogP contribution in [0.15, 0.2) is 12.1 Å². The van der Waals surface area contributed by atoms with Gasteiger partial charge in [0.15, 0.2) is 0 Å². The molecular weight excluding hydrogens is 268 g/mol. The van der Waals surface area contributed by atoms with Gasteiger partial charge in [-0.1, -0.05) is 45.0 Å². The number of hydrogen-bond donors (Lipinski definition) is 1. The molecule has 1 N–H and O–H groups in total. The Morgan fingerprint density at radius 1 is 1.35 bits per heavy atom. The van der Waals surface area contributed by atoms with Crippen LogP contribution in [0.1, 0.15) is 55.7 Å². The molecule has 0 radical (unpaired) electrons. The Morgan fingerprint density at radius 2 is 2.20 bits per heavy atom. The summed E-state index contributed by atoms with van der Waals surface area (Å²) in [7, 11) is 0. The normalized spacial score (nSPS) is 11.9. The average molecular weight is 294 g/mol. The number of unbranched alkanes of at least 4 members (excludes halogenated alkanes) is 1. The predicted molar refractivity (Wildman–Crippen MR) is 85.9 cm³/mol. The molecule has 1 aromatic heterocycles. The second-order valence-corrected chi connectivity index (χ2v) is 6.14. The molecule has 1 aromatic rings. The fraction of sp³-hybridized carbons (Fsp3) is 0.647. The van der Waals surface area contributed by atoms with E-state index in [1.165, 1.54) is 30.6 Å².